The third-order valence-corrected chi connectivity index (χ3v) is 3.60. The van der Waals surface area contributed by atoms with E-state index in [2.05, 4.69) is 19.2 Å². The number of nitrogens with one attached hydrogen (secondary N) is 1. The van der Waals surface area contributed by atoms with Gasteiger partial charge in [-0.2, -0.15) is 0 Å². The third kappa shape index (κ3) is 3.83. The maximum absolute atomic E-state index is 12.3. The first-order valence-electron chi connectivity index (χ1n) is 7.14. The average molecular weight is 264 g/mol. The van der Waals surface area contributed by atoms with E-state index >= 15 is 0 Å². The minimum absolute atomic E-state index is 0.103. The summed E-state index contributed by atoms with van der Waals surface area (Å²) < 4.78 is 5.22. The molecule has 0 spiro atoms. The highest BCUT2D eigenvalue weighted by molar-refractivity contribution is 5.94. The van der Waals surface area contributed by atoms with Gasteiger partial charge in [0.15, 0.2) is 0 Å². The van der Waals surface area contributed by atoms with Crippen molar-refractivity contribution in [1.29, 1.82) is 0 Å². The van der Waals surface area contributed by atoms with Crippen molar-refractivity contribution in [3.05, 3.63) is 23.7 Å². The number of carbonyl (C=O) groups is 1. The lowest BCUT2D eigenvalue weighted by atomic mass is 9.97. The number of nitrogens with zero attached hydrogens (tertiary/aromatic N) is 1. The quantitative estimate of drug-likeness (QED) is 0.908. The molecule has 1 saturated heterocycles. The van der Waals surface area contributed by atoms with Gasteiger partial charge in [-0.15, -0.1) is 0 Å². The second kappa shape index (κ2) is 6.24. The first kappa shape index (κ1) is 14.1. The highest BCUT2D eigenvalue weighted by Gasteiger charge is 2.25. The molecule has 4 nitrogen and oxygen atoms in total. The molecular weight excluding hydrogens is 240 g/mol. The monoisotopic (exact) mass is 264 g/mol. The van der Waals surface area contributed by atoms with Crippen LogP contribution in [0.2, 0.25) is 0 Å². The van der Waals surface area contributed by atoms with Gasteiger partial charge in [0.2, 0.25) is 0 Å². The zero-order valence-corrected chi connectivity index (χ0v) is 12.1. The Morgan fingerprint density at radius 2 is 2.37 bits per heavy atom. The summed E-state index contributed by atoms with van der Waals surface area (Å²) in [6.45, 7) is 8.87. The standard InChI is InChI=1S/C15H24N2O2/c1-11(2)16-8-13-5-4-6-17(9-13)15(18)14-7-12(3)19-10-14/h7,10-11,13,16H,4-6,8-9H2,1-3H3. The van der Waals surface area contributed by atoms with E-state index in [1.807, 2.05) is 17.9 Å². The Kier molecular flexibility index (Phi) is 4.64. The number of piperidine rings is 1. The molecular formula is C15H24N2O2. The summed E-state index contributed by atoms with van der Waals surface area (Å²) in [6.07, 6.45) is 3.86. The maximum Gasteiger partial charge on any atom is 0.257 e. The number of amides is 1. The molecule has 0 saturated carbocycles. The van der Waals surface area contributed by atoms with Crippen molar-refractivity contribution in [2.75, 3.05) is 19.6 Å². The Balaban J connectivity index is 1.91. The van der Waals surface area contributed by atoms with Crippen LogP contribution in [-0.2, 0) is 0 Å². The fraction of sp³-hybridized carbons (Fsp3) is 0.667. The Hall–Kier alpha value is -1.29. The molecule has 1 aliphatic heterocycles. The van der Waals surface area contributed by atoms with Crippen LogP contribution in [0, 0.1) is 12.8 Å². The number of aryl methyl sites for hydroxylation is 1. The molecule has 2 rings (SSSR count). The lowest BCUT2D eigenvalue weighted by Crippen LogP contribution is -2.43. The SMILES string of the molecule is Cc1cc(C(=O)N2CCCC(CNC(C)C)C2)co1. The highest BCUT2D eigenvalue weighted by atomic mass is 16.3. The van der Waals surface area contributed by atoms with Crippen LogP contribution in [0.15, 0.2) is 16.7 Å². The molecule has 1 aromatic heterocycles. The Morgan fingerprint density at radius 3 is 3.00 bits per heavy atom. The van der Waals surface area contributed by atoms with Gasteiger partial charge in [-0.25, -0.2) is 0 Å². The van der Waals surface area contributed by atoms with Crippen LogP contribution >= 0.6 is 0 Å². The van der Waals surface area contributed by atoms with Gasteiger partial charge in [-0.1, -0.05) is 13.8 Å². The number of likely N-dealkylation sites (tertiary alicyclic amines) is 1. The maximum atomic E-state index is 12.3. The minimum atomic E-state index is 0.103. The molecule has 19 heavy (non-hydrogen) atoms. The molecule has 1 unspecified atom stereocenters. The summed E-state index contributed by atoms with van der Waals surface area (Å²) in [6, 6.07) is 2.32. The Morgan fingerprint density at radius 1 is 1.58 bits per heavy atom. The second-order valence-corrected chi connectivity index (χ2v) is 5.77. The van der Waals surface area contributed by atoms with E-state index in [4.69, 9.17) is 4.42 Å². The summed E-state index contributed by atoms with van der Waals surface area (Å²) >= 11 is 0. The largest absolute Gasteiger partial charge is 0.469 e. The van der Waals surface area contributed by atoms with E-state index < -0.39 is 0 Å². The lowest BCUT2D eigenvalue weighted by Gasteiger charge is -2.33. The van der Waals surface area contributed by atoms with Crippen molar-refractivity contribution in [2.45, 2.75) is 39.7 Å². The van der Waals surface area contributed by atoms with E-state index in [1.54, 1.807) is 6.26 Å². The average Bonchev–Trinajstić information content (AvgIpc) is 2.82. The van der Waals surface area contributed by atoms with Gasteiger partial charge in [-0.05, 0) is 38.3 Å². The van der Waals surface area contributed by atoms with Gasteiger partial charge in [0.25, 0.3) is 5.91 Å². The molecule has 106 valence electrons. The molecule has 0 radical (unpaired) electrons. The Labute approximate surface area is 115 Å². The second-order valence-electron chi connectivity index (χ2n) is 5.77. The smallest absolute Gasteiger partial charge is 0.257 e. The van der Waals surface area contributed by atoms with Crippen molar-refractivity contribution in [3.63, 3.8) is 0 Å². The first-order chi connectivity index (χ1) is 9.06. The number of hydrogen-bond acceptors (Lipinski definition) is 3. The van der Waals surface area contributed by atoms with Gasteiger partial charge in [0, 0.05) is 19.1 Å². The zero-order chi connectivity index (χ0) is 13.8. The van der Waals surface area contributed by atoms with Crippen molar-refractivity contribution in [1.82, 2.24) is 10.2 Å². The number of furan rings is 1. The van der Waals surface area contributed by atoms with E-state index in [-0.39, 0.29) is 5.91 Å². The van der Waals surface area contributed by atoms with Crippen molar-refractivity contribution in [2.24, 2.45) is 5.92 Å². The van der Waals surface area contributed by atoms with Crippen LogP contribution < -0.4 is 5.32 Å². The molecule has 0 aromatic carbocycles. The van der Waals surface area contributed by atoms with Gasteiger partial charge >= 0.3 is 0 Å². The topological polar surface area (TPSA) is 45.5 Å². The number of carbonyl (C=O) groups excluding carboxylic acids is 1. The van der Waals surface area contributed by atoms with Gasteiger partial charge < -0.3 is 14.6 Å². The Bertz CT molecular complexity index is 426. The fourth-order valence-corrected chi connectivity index (χ4v) is 2.56. The van der Waals surface area contributed by atoms with Gasteiger partial charge in [0.05, 0.1) is 5.56 Å². The van der Waals surface area contributed by atoms with Crippen LogP contribution in [0.4, 0.5) is 0 Å². The number of hydrogen-bond donors (Lipinski definition) is 1. The summed E-state index contributed by atoms with van der Waals surface area (Å²) in [5, 5.41) is 3.46. The molecule has 2 heterocycles. The lowest BCUT2D eigenvalue weighted by molar-refractivity contribution is 0.0671. The predicted octanol–water partition coefficient (Wildman–Crippen LogP) is 2.44. The highest BCUT2D eigenvalue weighted by Crippen LogP contribution is 2.19. The van der Waals surface area contributed by atoms with E-state index in [0.717, 1.165) is 31.8 Å². The summed E-state index contributed by atoms with van der Waals surface area (Å²) in [5.41, 5.74) is 0.676. The fourth-order valence-electron chi connectivity index (χ4n) is 2.56. The third-order valence-electron chi connectivity index (χ3n) is 3.60. The summed E-state index contributed by atoms with van der Waals surface area (Å²) in [7, 11) is 0. The molecule has 1 amide bonds. The normalized spacial score (nSPS) is 20.0. The molecule has 1 atom stereocenters. The molecule has 1 N–H and O–H groups in total. The van der Waals surface area contributed by atoms with Crippen LogP contribution in [0.3, 0.4) is 0 Å². The zero-order valence-electron chi connectivity index (χ0n) is 12.1. The predicted molar refractivity (Wildman–Crippen MR) is 75.2 cm³/mol. The molecule has 0 bridgehead atoms. The summed E-state index contributed by atoms with van der Waals surface area (Å²) in [5.74, 6) is 1.46. The van der Waals surface area contributed by atoms with Gasteiger partial charge in [0.1, 0.15) is 12.0 Å². The summed E-state index contributed by atoms with van der Waals surface area (Å²) in [4.78, 5) is 14.3. The first-order valence-corrected chi connectivity index (χ1v) is 7.14. The van der Waals surface area contributed by atoms with Crippen molar-refractivity contribution < 1.29 is 9.21 Å². The molecule has 1 aliphatic rings. The van der Waals surface area contributed by atoms with Crippen LogP contribution in [0.1, 0.15) is 42.8 Å². The van der Waals surface area contributed by atoms with Crippen LogP contribution in [-0.4, -0.2) is 36.5 Å². The molecule has 0 aliphatic carbocycles. The van der Waals surface area contributed by atoms with E-state index in [9.17, 15) is 4.79 Å². The van der Waals surface area contributed by atoms with Crippen LogP contribution in [0.25, 0.3) is 0 Å². The number of rotatable bonds is 4. The molecule has 1 aromatic rings. The van der Waals surface area contributed by atoms with E-state index in [1.165, 1.54) is 6.42 Å². The van der Waals surface area contributed by atoms with Crippen LogP contribution in [0.5, 0.6) is 0 Å². The van der Waals surface area contributed by atoms with Crippen molar-refractivity contribution >= 4 is 5.91 Å². The minimum Gasteiger partial charge on any atom is -0.469 e. The van der Waals surface area contributed by atoms with E-state index in [0.29, 0.717) is 17.5 Å². The molecule has 1 fully saturated rings. The molecule has 4 heteroatoms. The van der Waals surface area contributed by atoms with Gasteiger partial charge in [-0.3, -0.25) is 4.79 Å². The van der Waals surface area contributed by atoms with Crippen molar-refractivity contribution in [3.8, 4) is 0 Å².